The zero-order chi connectivity index (χ0) is 26.1. The molecule has 5 rings (SSSR count). The van der Waals surface area contributed by atoms with Gasteiger partial charge in [-0.3, -0.25) is 19.7 Å². The second-order valence-electron chi connectivity index (χ2n) is 8.70. The molecule has 0 bridgehead atoms. The average Bonchev–Trinajstić information content (AvgIpc) is 3.19. The first kappa shape index (κ1) is 23.9. The molecule has 10 heteroatoms. The molecule has 10 nitrogen and oxygen atoms in total. The van der Waals surface area contributed by atoms with Crippen molar-refractivity contribution in [2.45, 2.75) is 18.2 Å². The molecule has 3 aromatic carbocycles. The van der Waals surface area contributed by atoms with E-state index in [4.69, 9.17) is 5.26 Å². The van der Waals surface area contributed by atoms with Crippen LogP contribution in [0.4, 0.5) is 17.1 Å². The molecule has 0 radical (unpaired) electrons. The van der Waals surface area contributed by atoms with Crippen molar-refractivity contribution in [1.29, 1.82) is 5.26 Å². The highest BCUT2D eigenvalue weighted by Crippen LogP contribution is 2.38. The van der Waals surface area contributed by atoms with E-state index in [1.165, 1.54) is 24.3 Å². The number of carbonyl (C=O) groups excluding carboxylic acids is 2. The molecule has 37 heavy (non-hydrogen) atoms. The monoisotopic (exact) mass is 495 g/mol. The Kier molecular flexibility index (Phi) is 6.23. The van der Waals surface area contributed by atoms with Crippen LogP contribution in [0.2, 0.25) is 0 Å². The number of rotatable bonds is 6. The van der Waals surface area contributed by atoms with Gasteiger partial charge in [-0.1, -0.05) is 30.4 Å². The van der Waals surface area contributed by atoms with Crippen LogP contribution in [0.15, 0.2) is 91.0 Å². The summed E-state index contributed by atoms with van der Waals surface area (Å²) in [7, 11) is 0. The number of para-hydroxylation sites is 1. The summed E-state index contributed by atoms with van der Waals surface area (Å²) in [4.78, 5) is 38.6. The Bertz CT molecular complexity index is 1420. The number of hydrazine groups is 1. The third-order valence-corrected chi connectivity index (χ3v) is 6.51. The molecule has 2 amide bonds. The van der Waals surface area contributed by atoms with Crippen molar-refractivity contribution in [1.82, 2.24) is 5.01 Å². The number of nitriles is 1. The summed E-state index contributed by atoms with van der Waals surface area (Å²) in [5.41, 5.74) is 4.90. The largest absolute Gasteiger partial charge is 0.386 e. The minimum atomic E-state index is -1.18. The van der Waals surface area contributed by atoms with Gasteiger partial charge in [0.2, 0.25) is 5.91 Å². The van der Waals surface area contributed by atoms with Crippen molar-refractivity contribution < 1.29 is 19.6 Å². The Hall–Kier alpha value is -4.85. The van der Waals surface area contributed by atoms with Gasteiger partial charge in [0.15, 0.2) is 0 Å². The van der Waals surface area contributed by atoms with Gasteiger partial charge in [0.25, 0.3) is 11.6 Å². The van der Waals surface area contributed by atoms with Crippen molar-refractivity contribution >= 4 is 28.9 Å². The van der Waals surface area contributed by atoms with Crippen LogP contribution in [0.5, 0.6) is 0 Å². The Morgan fingerprint density at radius 1 is 0.946 bits per heavy atom. The molecule has 3 aromatic rings. The quantitative estimate of drug-likeness (QED) is 0.230. The van der Waals surface area contributed by atoms with Gasteiger partial charge in [-0.25, -0.2) is 9.91 Å². The third-order valence-electron chi connectivity index (χ3n) is 6.51. The smallest absolute Gasteiger partial charge is 0.269 e. The standard InChI is InChI=1S/C27H21N5O5/c28-16-17-6-10-19(11-7-17)29-31-23(25(33)18-8-12-21(13-9-18)32(36)37)15-14-22-24(31)27(35)30(26(22)34)20-4-2-1-3-5-20/h1-15,22-25,29,33H. The molecular formula is C27H21N5O5. The molecule has 0 saturated carbocycles. The molecule has 1 fully saturated rings. The lowest BCUT2D eigenvalue weighted by molar-refractivity contribution is -0.384. The number of aliphatic hydroxyl groups is 1. The number of aliphatic hydroxyl groups excluding tert-OH is 1. The molecule has 2 N–H and O–H groups in total. The molecular weight excluding hydrogens is 474 g/mol. The van der Waals surface area contributed by atoms with Crippen LogP contribution in [0, 0.1) is 27.4 Å². The molecule has 184 valence electrons. The molecule has 2 aliphatic heterocycles. The van der Waals surface area contributed by atoms with E-state index in [0.717, 1.165) is 4.90 Å². The Balaban J connectivity index is 1.53. The normalized spacial score (nSPS) is 21.8. The van der Waals surface area contributed by atoms with E-state index in [9.17, 15) is 24.8 Å². The van der Waals surface area contributed by atoms with Gasteiger partial charge in [-0.05, 0) is 54.1 Å². The number of nitrogens with one attached hydrogen (secondary N) is 1. The van der Waals surface area contributed by atoms with Gasteiger partial charge in [0.05, 0.1) is 40.3 Å². The zero-order valence-corrected chi connectivity index (χ0v) is 19.3. The Labute approximate surface area is 211 Å². The summed E-state index contributed by atoms with van der Waals surface area (Å²) in [6.45, 7) is 0. The predicted octanol–water partition coefficient (Wildman–Crippen LogP) is 3.33. The van der Waals surface area contributed by atoms with Gasteiger partial charge < -0.3 is 10.5 Å². The average molecular weight is 495 g/mol. The van der Waals surface area contributed by atoms with Crippen LogP contribution in [-0.2, 0) is 9.59 Å². The van der Waals surface area contributed by atoms with Gasteiger partial charge in [-0.2, -0.15) is 5.26 Å². The van der Waals surface area contributed by atoms with Crippen molar-refractivity contribution in [3.05, 3.63) is 112 Å². The SMILES string of the molecule is N#Cc1ccc(NN2C(C(O)c3ccc([N+](=O)[O-])cc3)C=CC3C(=O)N(c4ccccc4)C(=O)C32)cc1. The fourth-order valence-corrected chi connectivity index (χ4v) is 4.66. The molecule has 2 heterocycles. The number of nitro groups is 1. The van der Waals surface area contributed by atoms with E-state index >= 15 is 0 Å². The number of hydrogen-bond donors (Lipinski definition) is 2. The highest BCUT2D eigenvalue weighted by Gasteiger charge is 2.54. The minimum absolute atomic E-state index is 0.113. The lowest BCUT2D eigenvalue weighted by atomic mass is 9.90. The topological polar surface area (TPSA) is 140 Å². The minimum Gasteiger partial charge on any atom is -0.386 e. The highest BCUT2D eigenvalue weighted by molar-refractivity contribution is 6.24. The first-order valence-electron chi connectivity index (χ1n) is 11.5. The zero-order valence-electron chi connectivity index (χ0n) is 19.3. The molecule has 0 aromatic heterocycles. The van der Waals surface area contributed by atoms with Crippen molar-refractivity contribution in [3.63, 3.8) is 0 Å². The maximum absolute atomic E-state index is 13.7. The number of non-ortho nitro benzene ring substituents is 1. The van der Waals surface area contributed by atoms with Crippen molar-refractivity contribution in [2.24, 2.45) is 5.92 Å². The lowest BCUT2D eigenvalue weighted by Crippen LogP contribution is -2.55. The number of anilines is 2. The molecule has 0 aliphatic carbocycles. The maximum atomic E-state index is 13.7. The van der Waals surface area contributed by atoms with E-state index in [1.54, 1.807) is 71.8 Å². The number of hydrogen-bond acceptors (Lipinski definition) is 8. The number of carbonyl (C=O) groups is 2. The third kappa shape index (κ3) is 4.33. The molecule has 0 spiro atoms. The number of amides is 2. The number of nitrogens with zero attached hydrogens (tertiary/aromatic N) is 4. The molecule has 4 unspecified atom stereocenters. The van der Waals surface area contributed by atoms with Crippen molar-refractivity contribution in [3.8, 4) is 6.07 Å². The number of fused-ring (bicyclic) bond motifs is 1. The molecule has 4 atom stereocenters. The second kappa shape index (κ2) is 9.66. The number of imide groups is 1. The van der Waals surface area contributed by atoms with E-state index in [1.807, 2.05) is 6.07 Å². The van der Waals surface area contributed by atoms with Crippen LogP contribution in [0.1, 0.15) is 17.2 Å². The summed E-state index contributed by atoms with van der Waals surface area (Å²) < 4.78 is 0. The fourth-order valence-electron chi connectivity index (χ4n) is 4.66. The van der Waals surface area contributed by atoms with Gasteiger partial charge >= 0.3 is 0 Å². The maximum Gasteiger partial charge on any atom is 0.269 e. The van der Waals surface area contributed by atoms with Crippen molar-refractivity contribution in [2.75, 3.05) is 10.3 Å². The van der Waals surface area contributed by atoms with E-state index in [-0.39, 0.29) is 11.6 Å². The van der Waals surface area contributed by atoms with Crippen LogP contribution in [-0.4, -0.2) is 38.9 Å². The first-order valence-corrected chi connectivity index (χ1v) is 11.5. The predicted molar refractivity (Wildman–Crippen MR) is 134 cm³/mol. The van der Waals surface area contributed by atoms with Gasteiger partial charge in [0.1, 0.15) is 6.04 Å². The Morgan fingerprint density at radius 2 is 1.62 bits per heavy atom. The molecule has 2 aliphatic rings. The van der Waals surface area contributed by atoms with E-state index in [0.29, 0.717) is 22.5 Å². The second-order valence-corrected chi connectivity index (χ2v) is 8.70. The van der Waals surface area contributed by atoms with Crippen LogP contribution in [0.3, 0.4) is 0 Å². The first-order chi connectivity index (χ1) is 17.9. The summed E-state index contributed by atoms with van der Waals surface area (Å²) in [5.74, 6) is -1.63. The summed E-state index contributed by atoms with van der Waals surface area (Å²) >= 11 is 0. The van der Waals surface area contributed by atoms with Gasteiger partial charge in [-0.15, -0.1) is 0 Å². The van der Waals surface area contributed by atoms with Crippen LogP contribution in [0.25, 0.3) is 0 Å². The van der Waals surface area contributed by atoms with E-state index < -0.39 is 34.9 Å². The highest BCUT2D eigenvalue weighted by atomic mass is 16.6. The summed E-state index contributed by atoms with van der Waals surface area (Å²) in [6, 6.07) is 21.0. The number of benzene rings is 3. The molecule has 1 saturated heterocycles. The number of nitro benzene ring substituents is 1. The van der Waals surface area contributed by atoms with Gasteiger partial charge in [0, 0.05) is 17.8 Å². The fraction of sp³-hybridized carbons (Fsp3) is 0.148. The van der Waals surface area contributed by atoms with Crippen LogP contribution < -0.4 is 10.3 Å². The summed E-state index contributed by atoms with van der Waals surface area (Å²) in [5, 5.41) is 33.0. The van der Waals surface area contributed by atoms with Crippen LogP contribution >= 0.6 is 0 Å². The lowest BCUT2D eigenvalue weighted by Gasteiger charge is -2.40. The Morgan fingerprint density at radius 3 is 2.24 bits per heavy atom. The van der Waals surface area contributed by atoms with E-state index in [2.05, 4.69) is 5.43 Å². The summed E-state index contributed by atoms with van der Waals surface area (Å²) in [6.07, 6.45) is 2.10.